The lowest BCUT2D eigenvalue weighted by Crippen LogP contribution is -2.16. The zero-order valence-electron chi connectivity index (χ0n) is 10.2. The maximum atomic E-state index is 5.85. The molecule has 1 aliphatic rings. The van der Waals surface area contributed by atoms with Crippen LogP contribution in [0.3, 0.4) is 0 Å². The van der Waals surface area contributed by atoms with Crippen molar-refractivity contribution in [3.8, 4) is 5.75 Å². The van der Waals surface area contributed by atoms with Gasteiger partial charge in [0.05, 0.1) is 6.10 Å². The monoisotopic (exact) mass is 310 g/mol. The third kappa shape index (κ3) is 2.24. The van der Waals surface area contributed by atoms with Crippen molar-refractivity contribution in [1.82, 2.24) is 9.78 Å². The van der Waals surface area contributed by atoms with Crippen LogP contribution in [0.15, 0.2) is 22.8 Å². The van der Waals surface area contributed by atoms with E-state index < -0.39 is 0 Å². The average Bonchev–Trinajstić information content (AvgIpc) is 2.97. The Morgan fingerprint density at radius 2 is 2.44 bits per heavy atom. The SMILES string of the molecule is Cn1cc2c(Br)ccc(OCC3CCCO3)c2n1. The molecule has 1 aromatic carbocycles. The molecule has 1 aromatic heterocycles. The lowest BCUT2D eigenvalue weighted by molar-refractivity contribution is 0.0684. The van der Waals surface area contributed by atoms with Crippen LogP contribution in [0.4, 0.5) is 0 Å². The number of halogens is 1. The van der Waals surface area contributed by atoms with Gasteiger partial charge in [-0.15, -0.1) is 0 Å². The highest BCUT2D eigenvalue weighted by Crippen LogP contribution is 2.30. The summed E-state index contributed by atoms with van der Waals surface area (Å²) in [6, 6.07) is 3.95. The lowest BCUT2D eigenvalue weighted by Gasteiger charge is -2.11. The summed E-state index contributed by atoms with van der Waals surface area (Å²) in [6.07, 6.45) is 4.43. The van der Waals surface area contributed by atoms with Gasteiger partial charge in [0.25, 0.3) is 0 Å². The second-order valence-corrected chi connectivity index (χ2v) is 5.41. The van der Waals surface area contributed by atoms with Crippen molar-refractivity contribution in [2.45, 2.75) is 18.9 Å². The van der Waals surface area contributed by atoms with Crippen LogP contribution in [0.5, 0.6) is 5.75 Å². The second-order valence-electron chi connectivity index (χ2n) is 4.56. The molecule has 0 radical (unpaired) electrons. The maximum Gasteiger partial charge on any atom is 0.147 e. The quantitative estimate of drug-likeness (QED) is 0.874. The standard InChI is InChI=1S/C13H15BrN2O2/c1-16-7-10-11(14)4-5-12(13(10)15-16)18-8-9-3-2-6-17-9/h4-5,7,9H,2-3,6,8H2,1H3. The van der Waals surface area contributed by atoms with Crippen LogP contribution in [0.25, 0.3) is 10.9 Å². The fourth-order valence-electron chi connectivity index (χ4n) is 2.24. The largest absolute Gasteiger partial charge is 0.489 e. The Morgan fingerprint density at radius 1 is 1.56 bits per heavy atom. The Kier molecular flexibility index (Phi) is 3.26. The first kappa shape index (κ1) is 12.0. The molecule has 1 unspecified atom stereocenters. The number of aromatic nitrogens is 2. The van der Waals surface area contributed by atoms with E-state index in [1.807, 2.05) is 25.4 Å². The molecule has 18 heavy (non-hydrogen) atoms. The number of aryl methyl sites for hydroxylation is 1. The first-order valence-electron chi connectivity index (χ1n) is 6.10. The summed E-state index contributed by atoms with van der Waals surface area (Å²) in [6.45, 7) is 1.46. The van der Waals surface area contributed by atoms with Gasteiger partial charge in [0.1, 0.15) is 17.9 Å². The first-order chi connectivity index (χ1) is 8.74. The fraction of sp³-hybridized carbons (Fsp3) is 0.462. The van der Waals surface area contributed by atoms with Gasteiger partial charge in [0, 0.05) is 29.7 Å². The van der Waals surface area contributed by atoms with Crippen molar-refractivity contribution in [1.29, 1.82) is 0 Å². The highest BCUT2D eigenvalue weighted by molar-refractivity contribution is 9.10. The highest BCUT2D eigenvalue weighted by atomic mass is 79.9. The van der Waals surface area contributed by atoms with Gasteiger partial charge in [0.2, 0.25) is 0 Å². The van der Waals surface area contributed by atoms with Crippen molar-refractivity contribution >= 4 is 26.8 Å². The molecule has 1 fully saturated rings. The minimum atomic E-state index is 0.229. The Morgan fingerprint density at radius 3 is 3.22 bits per heavy atom. The molecule has 2 aromatic rings. The molecule has 1 saturated heterocycles. The maximum absolute atomic E-state index is 5.85. The summed E-state index contributed by atoms with van der Waals surface area (Å²) in [5.41, 5.74) is 0.893. The smallest absolute Gasteiger partial charge is 0.147 e. The van der Waals surface area contributed by atoms with Gasteiger partial charge >= 0.3 is 0 Å². The van der Waals surface area contributed by atoms with Gasteiger partial charge in [-0.1, -0.05) is 15.9 Å². The van der Waals surface area contributed by atoms with Crippen LogP contribution in [-0.2, 0) is 11.8 Å². The van der Waals surface area contributed by atoms with E-state index in [0.29, 0.717) is 6.61 Å². The number of hydrogen-bond acceptors (Lipinski definition) is 3. The second kappa shape index (κ2) is 4.90. The van der Waals surface area contributed by atoms with E-state index in [4.69, 9.17) is 9.47 Å². The molecule has 4 nitrogen and oxygen atoms in total. The van der Waals surface area contributed by atoms with Gasteiger partial charge in [-0.05, 0) is 25.0 Å². The number of fused-ring (bicyclic) bond motifs is 1. The van der Waals surface area contributed by atoms with Gasteiger partial charge in [-0.25, -0.2) is 0 Å². The molecule has 3 rings (SSSR count). The van der Waals surface area contributed by atoms with Crippen LogP contribution < -0.4 is 4.74 Å². The first-order valence-corrected chi connectivity index (χ1v) is 6.89. The summed E-state index contributed by atoms with van der Waals surface area (Å²) >= 11 is 3.53. The zero-order valence-corrected chi connectivity index (χ0v) is 11.8. The molecule has 96 valence electrons. The lowest BCUT2D eigenvalue weighted by atomic mass is 10.2. The third-order valence-electron chi connectivity index (χ3n) is 3.15. The summed E-state index contributed by atoms with van der Waals surface area (Å²) in [4.78, 5) is 0. The van der Waals surface area contributed by atoms with Crippen molar-refractivity contribution in [2.75, 3.05) is 13.2 Å². The Bertz CT molecular complexity index is 561. The van der Waals surface area contributed by atoms with Crippen molar-refractivity contribution in [3.05, 3.63) is 22.8 Å². The van der Waals surface area contributed by atoms with E-state index in [1.165, 1.54) is 0 Å². The van der Waals surface area contributed by atoms with E-state index >= 15 is 0 Å². The average molecular weight is 311 g/mol. The Labute approximate surface area is 114 Å². The molecule has 5 heteroatoms. The minimum absolute atomic E-state index is 0.229. The highest BCUT2D eigenvalue weighted by Gasteiger charge is 2.17. The fourth-order valence-corrected chi connectivity index (χ4v) is 2.66. The minimum Gasteiger partial charge on any atom is -0.489 e. The third-order valence-corrected chi connectivity index (χ3v) is 3.84. The Balaban J connectivity index is 1.84. The molecule has 0 saturated carbocycles. The molecule has 0 spiro atoms. The molecular weight excluding hydrogens is 296 g/mol. The molecular formula is C13H15BrN2O2. The molecule has 1 atom stereocenters. The molecule has 2 heterocycles. The van der Waals surface area contributed by atoms with Gasteiger partial charge in [-0.2, -0.15) is 5.10 Å². The number of hydrogen-bond donors (Lipinski definition) is 0. The van der Waals surface area contributed by atoms with Crippen LogP contribution in [0.2, 0.25) is 0 Å². The van der Waals surface area contributed by atoms with E-state index in [1.54, 1.807) is 4.68 Å². The predicted octanol–water partition coefficient (Wildman–Crippen LogP) is 2.89. The molecule has 0 amide bonds. The zero-order chi connectivity index (χ0) is 12.5. The van der Waals surface area contributed by atoms with Crippen LogP contribution in [0.1, 0.15) is 12.8 Å². The van der Waals surface area contributed by atoms with Gasteiger partial charge < -0.3 is 9.47 Å². The molecule has 1 aliphatic heterocycles. The Hall–Kier alpha value is -1.07. The van der Waals surface area contributed by atoms with E-state index in [0.717, 1.165) is 40.6 Å². The summed E-state index contributed by atoms with van der Waals surface area (Å²) in [5.74, 6) is 0.823. The van der Waals surface area contributed by atoms with E-state index in [9.17, 15) is 0 Å². The van der Waals surface area contributed by atoms with Crippen LogP contribution in [-0.4, -0.2) is 29.1 Å². The van der Waals surface area contributed by atoms with Crippen molar-refractivity contribution in [3.63, 3.8) is 0 Å². The molecule has 0 bridgehead atoms. The van der Waals surface area contributed by atoms with Gasteiger partial charge in [0.15, 0.2) is 0 Å². The summed E-state index contributed by atoms with van der Waals surface area (Å²) in [7, 11) is 1.91. The number of nitrogens with zero attached hydrogens (tertiary/aromatic N) is 2. The normalized spacial score (nSPS) is 19.6. The van der Waals surface area contributed by atoms with Crippen molar-refractivity contribution < 1.29 is 9.47 Å². The van der Waals surface area contributed by atoms with E-state index in [2.05, 4.69) is 21.0 Å². The number of ether oxygens (including phenoxy) is 2. The summed E-state index contributed by atoms with van der Waals surface area (Å²) < 4.78 is 14.2. The topological polar surface area (TPSA) is 36.3 Å². The number of benzene rings is 1. The van der Waals surface area contributed by atoms with Crippen LogP contribution in [0, 0.1) is 0 Å². The van der Waals surface area contributed by atoms with Crippen LogP contribution >= 0.6 is 15.9 Å². The van der Waals surface area contributed by atoms with Crippen molar-refractivity contribution in [2.24, 2.45) is 7.05 Å². The van der Waals surface area contributed by atoms with Gasteiger partial charge in [-0.3, -0.25) is 4.68 Å². The van der Waals surface area contributed by atoms with E-state index in [-0.39, 0.29) is 6.10 Å². The summed E-state index contributed by atoms with van der Waals surface area (Å²) in [5, 5.41) is 5.51. The number of rotatable bonds is 3. The molecule has 0 aliphatic carbocycles. The predicted molar refractivity (Wildman–Crippen MR) is 72.9 cm³/mol. The molecule has 0 N–H and O–H groups in total.